The molecular formula is C8H13NOS. The molecule has 0 aromatic carbocycles. The molecule has 0 aliphatic rings. The Hall–Kier alpha value is -0.410. The Bertz CT molecular complexity index is 196. The number of furan rings is 1. The maximum absolute atomic E-state index is 5.76. The van der Waals surface area contributed by atoms with Crippen LogP contribution in [0.15, 0.2) is 22.8 Å². The van der Waals surface area contributed by atoms with Crippen molar-refractivity contribution in [1.82, 2.24) is 0 Å². The van der Waals surface area contributed by atoms with Gasteiger partial charge in [0.25, 0.3) is 0 Å². The van der Waals surface area contributed by atoms with Gasteiger partial charge in [-0.05, 0) is 25.3 Å². The Morgan fingerprint density at radius 3 is 2.73 bits per heavy atom. The Labute approximate surface area is 71.1 Å². The summed E-state index contributed by atoms with van der Waals surface area (Å²) in [5, 5.41) is 0.282. The van der Waals surface area contributed by atoms with Crippen LogP contribution in [-0.4, -0.2) is 12.3 Å². The predicted octanol–water partition coefficient (Wildman–Crippen LogP) is 2.03. The van der Waals surface area contributed by atoms with Crippen LogP contribution < -0.4 is 5.73 Å². The zero-order valence-electron chi connectivity index (χ0n) is 6.78. The molecule has 1 aromatic rings. The van der Waals surface area contributed by atoms with Gasteiger partial charge in [-0.2, -0.15) is 11.8 Å². The van der Waals surface area contributed by atoms with Crippen molar-refractivity contribution in [2.24, 2.45) is 5.73 Å². The van der Waals surface area contributed by atoms with Crippen LogP contribution in [-0.2, 0) is 0 Å². The van der Waals surface area contributed by atoms with Gasteiger partial charge in [0.2, 0.25) is 0 Å². The Kier molecular flexibility index (Phi) is 3.02. The Balaban J connectivity index is 2.71. The van der Waals surface area contributed by atoms with Crippen molar-refractivity contribution in [3.8, 4) is 0 Å². The van der Waals surface area contributed by atoms with E-state index in [9.17, 15) is 0 Å². The fraction of sp³-hybridized carbons (Fsp3) is 0.500. The molecule has 0 spiro atoms. The van der Waals surface area contributed by atoms with E-state index in [2.05, 4.69) is 0 Å². The van der Waals surface area contributed by atoms with Crippen molar-refractivity contribution < 1.29 is 4.42 Å². The van der Waals surface area contributed by atoms with Crippen LogP contribution in [0.2, 0.25) is 0 Å². The summed E-state index contributed by atoms with van der Waals surface area (Å²) in [5.41, 5.74) is 5.76. The van der Waals surface area contributed by atoms with Crippen LogP contribution in [0.5, 0.6) is 0 Å². The van der Waals surface area contributed by atoms with Crippen LogP contribution in [0.3, 0.4) is 0 Å². The molecule has 2 nitrogen and oxygen atoms in total. The molecule has 1 heterocycles. The van der Waals surface area contributed by atoms with Crippen LogP contribution in [0.1, 0.15) is 17.9 Å². The Morgan fingerprint density at radius 2 is 2.36 bits per heavy atom. The van der Waals surface area contributed by atoms with Crippen molar-refractivity contribution in [1.29, 1.82) is 0 Å². The van der Waals surface area contributed by atoms with E-state index in [1.807, 2.05) is 25.3 Å². The first-order valence-electron chi connectivity index (χ1n) is 3.57. The predicted molar refractivity (Wildman–Crippen MR) is 48.6 cm³/mol. The third kappa shape index (κ3) is 2.01. The Morgan fingerprint density at radius 1 is 1.64 bits per heavy atom. The van der Waals surface area contributed by atoms with Gasteiger partial charge in [0.05, 0.1) is 11.5 Å². The molecule has 11 heavy (non-hydrogen) atoms. The fourth-order valence-electron chi connectivity index (χ4n) is 1.04. The van der Waals surface area contributed by atoms with Crippen molar-refractivity contribution in [2.75, 3.05) is 6.26 Å². The maximum Gasteiger partial charge on any atom is 0.118 e. The highest BCUT2D eigenvalue weighted by atomic mass is 32.2. The summed E-state index contributed by atoms with van der Waals surface area (Å²) in [6.45, 7) is 1.99. The number of hydrogen-bond donors (Lipinski definition) is 1. The zero-order valence-corrected chi connectivity index (χ0v) is 7.60. The summed E-state index contributed by atoms with van der Waals surface area (Å²) < 4.78 is 5.25. The molecule has 0 amide bonds. The summed E-state index contributed by atoms with van der Waals surface area (Å²) in [5.74, 6) is 0.965. The van der Waals surface area contributed by atoms with Crippen LogP contribution in [0, 0.1) is 0 Å². The molecular weight excluding hydrogens is 158 g/mol. The molecule has 0 radical (unpaired) electrons. The van der Waals surface area contributed by atoms with Gasteiger partial charge < -0.3 is 10.2 Å². The molecule has 2 N–H and O–H groups in total. The van der Waals surface area contributed by atoms with Crippen molar-refractivity contribution >= 4 is 11.8 Å². The monoisotopic (exact) mass is 171 g/mol. The summed E-state index contributed by atoms with van der Waals surface area (Å²) >= 11 is 1.72. The molecule has 0 aliphatic heterocycles. The van der Waals surface area contributed by atoms with Gasteiger partial charge >= 0.3 is 0 Å². The first-order valence-corrected chi connectivity index (χ1v) is 4.86. The van der Waals surface area contributed by atoms with E-state index >= 15 is 0 Å². The molecule has 0 fully saturated rings. The maximum atomic E-state index is 5.76. The second-order valence-electron chi connectivity index (χ2n) is 2.53. The summed E-state index contributed by atoms with van der Waals surface area (Å²) in [7, 11) is 0. The highest BCUT2D eigenvalue weighted by molar-refractivity contribution is 7.98. The number of rotatable bonds is 3. The van der Waals surface area contributed by atoms with E-state index in [1.54, 1.807) is 18.0 Å². The van der Waals surface area contributed by atoms with Gasteiger partial charge in [0.1, 0.15) is 5.76 Å². The van der Waals surface area contributed by atoms with E-state index in [1.165, 1.54) is 0 Å². The molecule has 0 aliphatic carbocycles. The second kappa shape index (κ2) is 3.83. The van der Waals surface area contributed by atoms with Crippen LogP contribution in [0.4, 0.5) is 0 Å². The molecule has 0 saturated heterocycles. The van der Waals surface area contributed by atoms with E-state index in [0.29, 0.717) is 0 Å². The number of thioether (sulfide) groups is 1. The average molecular weight is 171 g/mol. The molecule has 2 unspecified atom stereocenters. The lowest BCUT2D eigenvalue weighted by Gasteiger charge is -2.14. The van der Waals surface area contributed by atoms with Gasteiger partial charge in [0.15, 0.2) is 0 Å². The summed E-state index contributed by atoms with van der Waals surface area (Å²) in [6, 6.07) is 3.99. The molecule has 1 aromatic heterocycles. The van der Waals surface area contributed by atoms with Gasteiger partial charge in [-0.15, -0.1) is 0 Å². The van der Waals surface area contributed by atoms with Crippen LogP contribution in [0.25, 0.3) is 0 Å². The zero-order chi connectivity index (χ0) is 8.27. The average Bonchev–Trinajstić information content (AvgIpc) is 2.40. The quantitative estimate of drug-likeness (QED) is 0.756. The molecule has 2 atom stereocenters. The molecule has 3 heteroatoms. The molecule has 0 bridgehead atoms. The number of nitrogens with two attached hydrogens (primary N) is 1. The minimum absolute atomic E-state index is 0.135. The smallest absolute Gasteiger partial charge is 0.118 e. The SMILES string of the molecule is CSC(c1ccco1)C(C)N. The lowest BCUT2D eigenvalue weighted by Crippen LogP contribution is -2.21. The highest BCUT2D eigenvalue weighted by Gasteiger charge is 2.16. The van der Waals surface area contributed by atoms with E-state index in [0.717, 1.165) is 5.76 Å². The number of hydrogen-bond acceptors (Lipinski definition) is 3. The lowest BCUT2D eigenvalue weighted by atomic mass is 10.2. The standard InChI is InChI=1S/C8H13NOS/c1-6(9)8(11-2)7-4-3-5-10-7/h3-6,8H,9H2,1-2H3. The van der Waals surface area contributed by atoms with Crippen LogP contribution >= 0.6 is 11.8 Å². The minimum Gasteiger partial charge on any atom is -0.468 e. The summed E-state index contributed by atoms with van der Waals surface area (Å²) in [6.07, 6.45) is 3.72. The van der Waals surface area contributed by atoms with Gasteiger partial charge in [0, 0.05) is 6.04 Å². The largest absolute Gasteiger partial charge is 0.468 e. The van der Waals surface area contributed by atoms with Gasteiger partial charge in [-0.25, -0.2) is 0 Å². The lowest BCUT2D eigenvalue weighted by molar-refractivity contribution is 0.487. The first kappa shape index (κ1) is 8.68. The topological polar surface area (TPSA) is 39.2 Å². The molecule has 1 rings (SSSR count). The molecule has 0 saturated carbocycles. The van der Waals surface area contributed by atoms with Crippen molar-refractivity contribution in [3.05, 3.63) is 24.2 Å². The molecule has 62 valence electrons. The second-order valence-corrected chi connectivity index (χ2v) is 3.51. The van der Waals surface area contributed by atoms with E-state index < -0.39 is 0 Å². The van der Waals surface area contributed by atoms with Gasteiger partial charge in [-0.3, -0.25) is 0 Å². The minimum atomic E-state index is 0.135. The van der Waals surface area contributed by atoms with Gasteiger partial charge in [-0.1, -0.05) is 0 Å². The van der Waals surface area contributed by atoms with E-state index in [4.69, 9.17) is 10.2 Å². The van der Waals surface area contributed by atoms with Crippen molar-refractivity contribution in [3.63, 3.8) is 0 Å². The summed E-state index contributed by atoms with van der Waals surface area (Å²) in [4.78, 5) is 0. The van der Waals surface area contributed by atoms with Crippen molar-refractivity contribution in [2.45, 2.75) is 18.2 Å². The van der Waals surface area contributed by atoms with E-state index in [-0.39, 0.29) is 11.3 Å². The highest BCUT2D eigenvalue weighted by Crippen LogP contribution is 2.28. The third-order valence-electron chi connectivity index (χ3n) is 1.56. The fourth-order valence-corrected chi connectivity index (χ4v) is 1.84. The third-order valence-corrected chi connectivity index (χ3v) is 2.72. The normalized spacial score (nSPS) is 16.3. The first-order chi connectivity index (χ1) is 5.25.